The van der Waals surface area contributed by atoms with Crippen molar-refractivity contribution in [1.29, 1.82) is 0 Å². The number of amides is 1. The molecule has 1 amide bonds. The largest absolute Gasteiger partial charge is 0.366 e. The topological polar surface area (TPSA) is 60.2 Å². The third-order valence-electron chi connectivity index (χ3n) is 2.09. The van der Waals surface area contributed by atoms with E-state index >= 15 is 0 Å². The Morgan fingerprint density at radius 1 is 1.13 bits per heavy atom. The molecule has 3 nitrogen and oxygen atoms in total. The van der Waals surface area contributed by atoms with E-state index in [4.69, 9.17) is 5.73 Å². The first-order valence-electron chi connectivity index (χ1n) is 4.60. The average molecular weight is 203 g/mol. The number of rotatable bonds is 3. The number of ketones is 1. The maximum atomic E-state index is 11.0. The van der Waals surface area contributed by atoms with E-state index in [1.807, 2.05) is 0 Å². The van der Waals surface area contributed by atoms with Gasteiger partial charge in [0.15, 0.2) is 5.78 Å². The molecule has 0 aliphatic carbocycles. The van der Waals surface area contributed by atoms with Gasteiger partial charge in [0.1, 0.15) is 0 Å². The average Bonchev–Trinajstić information content (AvgIpc) is 2.18. The van der Waals surface area contributed by atoms with E-state index in [9.17, 15) is 9.59 Å². The number of carbonyl (C=O) groups is 2. The highest BCUT2D eigenvalue weighted by molar-refractivity contribution is 5.96. The summed E-state index contributed by atoms with van der Waals surface area (Å²) in [6.07, 6.45) is 1.69. The van der Waals surface area contributed by atoms with Crippen LogP contribution in [0, 0.1) is 0 Å². The number of hydrogen-bond acceptors (Lipinski definition) is 2. The first kappa shape index (κ1) is 11.2. The molecule has 0 aliphatic heterocycles. The summed E-state index contributed by atoms with van der Waals surface area (Å²) in [4.78, 5) is 21.8. The number of hydrogen-bond donors (Lipinski definition) is 1. The van der Waals surface area contributed by atoms with Crippen LogP contribution in [0.2, 0.25) is 0 Å². The minimum atomic E-state index is -0.439. The van der Waals surface area contributed by atoms with E-state index in [0.717, 1.165) is 5.56 Å². The summed E-state index contributed by atoms with van der Waals surface area (Å²) in [5.41, 5.74) is 7.11. The SMILES string of the molecule is CC(=O)c1ccc(/C=C(\C)C(N)=O)cc1. The van der Waals surface area contributed by atoms with Gasteiger partial charge in [-0.3, -0.25) is 9.59 Å². The van der Waals surface area contributed by atoms with Crippen molar-refractivity contribution in [2.45, 2.75) is 13.8 Å². The summed E-state index contributed by atoms with van der Waals surface area (Å²) in [5, 5.41) is 0. The van der Waals surface area contributed by atoms with E-state index in [1.165, 1.54) is 6.92 Å². The highest BCUT2D eigenvalue weighted by Crippen LogP contribution is 2.09. The molecule has 0 saturated heterocycles. The molecular formula is C12H13NO2. The lowest BCUT2D eigenvalue weighted by Crippen LogP contribution is -2.11. The summed E-state index contributed by atoms with van der Waals surface area (Å²) in [6.45, 7) is 3.17. The van der Waals surface area contributed by atoms with Gasteiger partial charge >= 0.3 is 0 Å². The molecule has 0 spiro atoms. The monoisotopic (exact) mass is 203 g/mol. The summed E-state index contributed by atoms with van der Waals surface area (Å²) >= 11 is 0. The van der Waals surface area contributed by atoms with Crippen LogP contribution in [0.5, 0.6) is 0 Å². The fraction of sp³-hybridized carbons (Fsp3) is 0.167. The van der Waals surface area contributed by atoms with E-state index < -0.39 is 5.91 Å². The second-order valence-electron chi connectivity index (χ2n) is 3.37. The van der Waals surface area contributed by atoms with Gasteiger partial charge in [-0.1, -0.05) is 24.3 Å². The van der Waals surface area contributed by atoms with Crippen LogP contribution in [0.15, 0.2) is 29.8 Å². The maximum absolute atomic E-state index is 11.0. The maximum Gasteiger partial charge on any atom is 0.244 e. The molecule has 78 valence electrons. The van der Waals surface area contributed by atoms with Gasteiger partial charge in [0.25, 0.3) is 0 Å². The third kappa shape index (κ3) is 3.06. The van der Waals surface area contributed by atoms with Gasteiger partial charge in [-0.05, 0) is 25.5 Å². The molecule has 0 atom stereocenters. The van der Waals surface area contributed by atoms with Gasteiger partial charge in [0, 0.05) is 11.1 Å². The lowest BCUT2D eigenvalue weighted by atomic mass is 10.1. The Morgan fingerprint density at radius 2 is 1.67 bits per heavy atom. The minimum Gasteiger partial charge on any atom is -0.366 e. The number of nitrogens with two attached hydrogens (primary N) is 1. The van der Waals surface area contributed by atoms with Gasteiger partial charge in [0.05, 0.1) is 0 Å². The molecule has 0 aromatic heterocycles. The van der Waals surface area contributed by atoms with Gasteiger partial charge < -0.3 is 5.73 Å². The highest BCUT2D eigenvalue weighted by Gasteiger charge is 1.99. The second kappa shape index (κ2) is 4.55. The minimum absolute atomic E-state index is 0.0251. The highest BCUT2D eigenvalue weighted by atomic mass is 16.1. The van der Waals surface area contributed by atoms with Crippen LogP contribution in [-0.2, 0) is 4.79 Å². The molecule has 0 radical (unpaired) electrons. The lowest BCUT2D eigenvalue weighted by Gasteiger charge is -1.98. The second-order valence-corrected chi connectivity index (χ2v) is 3.37. The van der Waals surface area contributed by atoms with E-state index in [1.54, 1.807) is 37.3 Å². The smallest absolute Gasteiger partial charge is 0.244 e. The van der Waals surface area contributed by atoms with Crippen LogP contribution in [0.1, 0.15) is 29.8 Å². The Kier molecular flexibility index (Phi) is 3.39. The Hall–Kier alpha value is -1.90. The number of benzene rings is 1. The van der Waals surface area contributed by atoms with Crippen molar-refractivity contribution in [3.63, 3.8) is 0 Å². The van der Waals surface area contributed by atoms with Crippen LogP contribution >= 0.6 is 0 Å². The summed E-state index contributed by atoms with van der Waals surface area (Å²) in [6, 6.07) is 7.01. The van der Waals surface area contributed by atoms with Crippen molar-refractivity contribution in [2.75, 3.05) is 0 Å². The first-order valence-corrected chi connectivity index (χ1v) is 4.60. The summed E-state index contributed by atoms with van der Waals surface area (Å²) < 4.78 is 0. The molecule has 1 rings (SSSR count). The zero-order valence-electron chi connectivity index (χ0n) is 8.78. The predicted octanol–water partition coefficient (Wildman–Crippen LogP) is 1.78. The van der Waals surface area contributed by atoms with Crippen LogP contribution in [0.25, 0.3) is 6.08 Å². The van der Waals surface area contributed by atoms with Crippen LogP contribution in [0.4, 0.5) is 0 Å². The molecule has 1 aromatic rings. The molecule has 0 saturated carbocycles. The molecule has 1 aromatic carbocycles. The summed E-state index contributed by atoms with van der Waals surface area (Å²) in [5.74, 6) is -0.414. The molecule has 0 bridgehead atoms. The standard InChI is InChI=1S/C12H13NO2/c1-8(12(13)15)7-10-3-5-11(6-4-10)9(2)14/h3-7H,1-2H3,(H2,13,15)/b8-7+. The van der Waals surface area contributed by atoms with Gasteiger partial charge in [-0.25, -0.2) is 0 Å². The Morgan fingerprint density at radius 3 is 2.07 bits per heavy atom. The molecule has 0 aliphatic rings. The van der Waals surface area contributed by atoms with Crippen molar-refractivity contribution in [2.24, 2.45) is 5.73 Å². The Balaban J connectivity index is 2.95. The van der Waals surface area contributed by atoms with Crippen molar-refractivity contribution < 1.29 is 9.59 Å². The van der Waals surface area contributed by atoms with Crippen molar-refractivity contribution in [1.82, 2.24) is 0 Å². The van der Waals surface area contributed by atoms with E-state index in [2.05, 4.69) is 0 Å². The van der Waals surface area contributed by atoms with Crippen LogP contribution < -0.4 is 5.73 Å². The molecule has 0 fully saturated rings. The number of carbonyl (C=O) groups excluding carboxylic acids is 2. The molecular weight excluding hydrogens is 190 g/mol. The number of Topliss-reactive ketones (excluding diaryl/α,β-unsaturated/α-hetero) is 1. The van der Waals surface area contributed by atoms with Crippen LogP contribution in [-0.4, -0.2) is 11.7 Å². The Bertz CT molecular complexity index is 416. The molecule has 15 heavy (non-hydrogen) atoms. The molecule has 3 heteroatoms. The van der Waals surface area contributed by atoms with Gasteiger partial charge in [0.2, 0.25) is 5.91 Å². The molecule has 0 unspecified atom stereocenters. The van der Waals surface area contributed by atoms with Crippen molar-refractivity contribution in [3.8, 4) is 0 Å². The fourth-order valence-electron chi connectivity index (χ4n) is 1.14. The fourth-order valence-corrected chi connectivity index (χ4v) is 1.14. The van der Waals surface area contributed by atoms with Gasteiger partial charge in [-0.2, -0.15) is 0 Å². The normalized spacial score (nSPS) is 11.2. The number of primary amides is 1. The van der Waals surface area contributed by atoms with Crippen LogP contribution in [0.3, 0.4) is 0 Å². The van der Waals surface area contributed by atoms with E-state index in [-0.39, 0.29) is 5.78 Å². The Labute approximate surface area is 88.6 Å². The third-order valence-corrected chi connectivity index (χ3v) is 2.09. The van der Waals surface area contributed by atoms with Gasteiger partial charge in [-0.15, -0.1) is 0 Å². The zero-order chi connectivity index (χ0) is 11.4. The first-order chi connectivity index (χ1) is 7.00. The van der Waals surface area contributed by atoms with Crippen molar-refractivity contribution >= 4 is 17.8 Å². The summed E-state index contributed by atoms with van der Waals surface area (Å²) in [7, 11) is 0. The molecule has 2 N–H and O–H groups in total. The zero-order valence-corrected chi connectivity index (χ0v) is 8.78. The van der Waals surface area contributed by atoms with E-state index in [0.29, 0.717) is 11.1 Å². The lowest BCUT2D eigenvalue weighted by molar-refractivity contribution is -0.114. The predicted molar refractivity (Wildman–Crippen MR) is 59.3 cm³/mol. The van der Waals surface area contributed by atoms with Crippen molar-refractivity contribution in [3.05, 3.63) is 41.0 Å². The molecule has 0 heterocycles. The quantitative estimate of drug-likeness (QED) is 0.601.